The van der Waals surface area contributed by atoms with Gasteiger partial charge in [0.1, 0.15) is 0 Å². The number of rotatable bonds is 2. The minimum atomic E-state index is 0.0918. The Bertz CT molecular complexity index is 567. The van der Waals surface area contributed by atoms with E-state index in [-0.39, 0.29) is 5.41 Å². The summed E-state index contributed by atoms with van der Waals surface area (Å²) in [4.78, 5) is 4.81. The molecule has 0 bridgehead atoms. The van der Waals surface area contributed by atoms with E-state index in [4.69, 9.17) is 4.98 Å². The highest BCUT2D eigenvalue weighted by atomic mass is 79.9. The highest BCUT2D eigenvalue weighted by molar-refractivity contribution is 9.08. The molecular formula is C16H20BrN. The zero-order chi connectivity index (χ0) is 13.3. The number of hydrogen-bond acceptors (Lipinski definition) is 1. The van der Waals surface area contributed by atoms with Crippen molar-refractivity contribution in [2.24, 2.45) is 0 Å². The molecule has 2 heteroatoms. The minimum absolute atomic E-state index is 0.0918. The van der Waals surface area contributed by atoms with Gasteiger partial charge in [0.25, 0.3) is 0 Å². The molecule has 1 heterocycles. The van der Waals surface area contributed by atoms with Crippen LogP contribution in [0.1, 0.15) is 44.5 Å². The van der Waals surface area contributed by atoms with Crippen molar-refractivity contribution in [1.82, 2.24) is 4.98 Å². The molecule has 1 aromatic carbocycles. The fourth-order valence-corrected chi connectivity index (χ4v) is 2.52. The molecule has 18 heavy (non-hydrogen) atoms. The summed E-state index contributed by atoms with van der Waals surface area (Å²) in [6, 6.07) is 8.83. The largest absolute Gasteiger partial charge is 0.252 e. The number of fused-ring (bicyclic) bond motifs is 1. The fourth-order valence-electron chi connectivity index (χ4n) is 2.06. The second-order valence-electron chi connectivity index (χ2n) is 5.76. The average molecular weight is 306 g/mol. The van der Waals surface area contributed by atoms with Gasteiger partial charge in [-0.2, -0.15) is 0 Å². The topological polar surface area (TPSA) is 12.9 Å². The van der Waals surface area contributed by atoms with Crippen LogP contribution in [0.15, 0.2) is 24.3 Å². The van der Waals surface area contributed by atoms with Crippen molar-refractivity contribution in [2.75, 3.05) is 0 Å². The van der Waals surface area contributed by atoms with Gasteiger partial charge in [-0.25, -0.2) is 0 Å². The van der Waals surface area contributed by atoms with E-state index in [0.29, 0.717) is 0 Å². The van der Waals surface area contributed by atoms with Gasteiger partial charge in [0.15, 0.2) is 0 Å². The fraction of sp³-hybridized carbons (Fsp3) is 0.438. The average Bonchev–Trinajstić information content (AvgIpc) is 2.35. The molecule has 2 aromatic rings. The molecule has 0 fully saturated rings. The van der Waals surface area contributed by atoms with Gasteiger partial charge in [-0.1, -0.05) is 49.7 Å². The van der Waals surface area contributed by atoms with Gasteiger partial charge in [0.05, 0.1) is 5.52 Å². The Labute approximate surface area is 118 Å². The predicted octanol–water partition coefficient (Wildman–Crippen LogP) is 4.99. The van der Waals surface area contributed by atoms with Gasteiger partial charge in [0.2, 0.25) is 0 Å². The summed E-state index contributed by atoms with van der Waals surface area (Å²) in [5, 5.41) is 2.15. The molecule has 1 aromatic heterocycles. The maximum Gasteiger partial charge on any atom is 0.0708 e. The molecule has 0 aliphatic heterocycles. The molecule has 0 amide bonds. The SMILES string of the molecule is CCc1ccc2nc(C(C)(C)C)cc(CBr)c2c1. The third-order valence-electron chi connectivity index (χ3n) is 3.28. The zero-order valence-corrected chi connectivity index (χ0v) is 13.1. The summed E-state index contributed by atoms with van der Waals surface area (Å²) in [5.74, 6) is 0. The summed E-state index contributed by atoms with van der Waals surface area (Å²) in [5.41, 5.74) is 5.06. The summed E-state index contributed by atoms with van der Waals surface area (Å²) in [7, 11) is 0. The molecule has 2 rings (SSSR count). The van der Waals surface area contributed by atoms with E-state index < -0.39 is 0 Å². The molecule has 0 N–H and O–H groups in total. The number of aryl methyl sites for hydroxylation is 1. The van der Waals surface area contributed by atoms with E-state index >= 15 is 0 Å². The highest BCUT2D eigenvalue weighted by Gasteiger charge is 2.17. The molecule has 0 aliphatic carbocycles. The molecule has 0 aliphatic rings. The van der Waals surface area contributed by atoms with Crippen molar-refractivity contribution in [1.29, 1.82) is 0 Å². The Morgan fingerprint density at radius 1 is 1.17 bits per heavy atom. The van der Waals surface area contributed by atoms with Gasteiger partial charge in [-0.3, -0.25) is 4.98 Å². The first kappa shape index (κ1) is 13.5. The first-order valence-corrected chi connectivity index (χ1v) is 7.57. The lowest BCUT2D eigenvalue weighted by Gasteiger charge is -2.20. The quantitative estimate of drug-likeness (QED) is 0.712. The Kier molecular flexibility index (Phi) is 3.76. The minimum Gasteiger partial charge on any atom is -0.252 e. The number of aromatic nitrogens is 1. The van der Waals surface area contributed by atoms with E-state index in [9.17, 15) is 0 Å². The van der Waals surface area contributed by atoms with Crippen molar-refractivity contribution in [3.63, 3.8) is 0 Å². The number of halogens is 1. The Morgan fingerprint density at radius 3 is 2.44 bits per heavy atom. The summed E-state index contributed by atoms with van der Waals surface area (Å²) in [6.45, 7) is 8.81. The summed E-state index contributed by atoms with van der Waals surface area (Å²) in [6.07, 6.45) is 1.07. The van der Waals surface area contributed by atoms with E-state index in [0.717, 1.165) is 23.0 Å². The van der Waals surface area contributed by atoms with Crippen LogP contribution in [0.2, 0.25) is 0 Å². The van der Waals surface area contributed by atoms with Crippen LogP contribution in [0.3, 0.4) is 0 Å². The van der Waals surface area contributed by atoms with Crippen molar-refractivity contribution < 1.29 is 0 Å². The first-order valence-electron chi connectivity index (χ1n) is 6.44. The summed E-state index contributed by atoms with van der Waals surface area (Å²) < 4.78 is 0. The lowest BCUT2D eigenvalue weighted by Crippen LogP contribution is -2.14. The van der Waals surface area contributed by atoms with Crippen LogP contribution >= 0.6 is 15.9 Å². The van der Waals surface area contributed by atoms with Gasteiger partial charge in [-0.05, 0) is 35.7 Å². The number of pyridine rings is 1. The molecule has 1 nitrogen and oxygen atoms in total. The maximum absolute atomic E-state index is 4.81. The molecule has 0 radical (unpaired) electrons. The second kappa shape index (κ2) is 5.00. The van der Waals surface area contributed by atoms with Crippen molar-refractivity contribution in [2.45, 2.75) is 44.9 Å². The van der Waals surface area contributed by atoms with Gasteiger partial charge < -0.3 is 0 Å². The molecule has 0 saturated heterocycles. The van der Waals surface area contributed by atoms with E-state index in [1.54, 1.807) is 0 Å². The Hall–Kier alpha value is -0.890. The van der Waals surface area contributed by atoms with Gasteiger partial charge in [0, 0.05) is 21.8 Å². The smallest absolute Gasteiger partial charge is 0.0708 e. The lowest BCUT2D eigenvalue weighted by molar-refractivity contribution is 0.571. The van der Waals surface area contributed by atoms with Crippen molar-refractivity contribution in [3.05, 3.63) is 41.1 Å². The highest BCUT2D eigenvalue weighted by Crippen LogP contribution is 2.28. The normalized spacial score (nSPS) is 12.1. The predicted molar refractivity (Wildman–Crippen MR) is 82.5 cm³/mol. The van der Waals surface area contributed by atoms with Crippen LogP contribution in [0, 0.1) is 0 Å². The third kappa shape index (κ3) is 2.59. The zero-order valence-electron chi connectivity index (χ0n) is 11.5. The number of hydrogen-bond donors (Lipinski definition) is 0. The Morgan fingerprint density at radius 2 is 1.89 bits per heavy atom. The number of alkyl halides is 1. The van der Waals surface area contributed by atoms with E-state index in [2.05, 4.69) is 67.9 Å². The van der Waals surface area contributed by atoms with Crippen LogP contribution in [-0.4, -0.2) is 4.98 Å². The van der Waals surface area contributed by atoms with Crippen LogP contribution in [0.4, 0.5) is 0 Å². The van der Waals surface area contributed by atoms with Gasteiger partial charge in [-0.15, -0.1) is 0 Å². The van der Waals surface area contributed by atoms with Crippen LogP contribution < -0.4 is 0 Å². The van der Waals surface area contributed by atoms with Crippen LogP contribution in [0.25, 0.3) is 10.9 Å². The second-order valence-corrected chi connectivity index (χ2v) is 6.32. The third-order valence-corrected chi connectivity index (χ3v) is 3.88. The maximum atomic E-state index is 4.81. The van der Waals surface area contributed by atoms with E-state index in [1.165, 1.54) is 16.5 Å². The lowest BCUT2D eigenvalue weighted by atomic mass is 9.90. The standard InChI is InChI=1S/C16H20BrN/c1-5-11-6-7-14-13(8-11)12(10-17)9-15(18-14)16(2,3)4/h6-9H,5,10H2,1-4H3. The molecule has 0 atom stereocenters. The first-order chi connectivity index (χ1) is 8.45. The molecule has 96 valence electrons. The van der Waals surface area contributed by atoms with Crippen molar-refractivity contribution in [3.8, 4) is 0 Å². The molecular weight excluding hydrogens is 286 g/mol. The molecule has 0 saturated carbocycles. The van der Waals surface area contributed by atoms with Crippen molar-refractivity contribution >= 4 is 26.8 Å². The summed E-state index contributed by atoms with van der Waals surface area (Å²) >= 11 is 3.60. The van der Waals surface area contributed by atoms with Gasteiger partial charge >= 0.3 is 0 Å². The van der Waals surface area contributed by atoms with Crippen LogP contribution in [-0.2, 0) is 17.2 Å². The monoisotopic (exact) mass is 305 g/mol. The number of nitrogens with zero attached hydrogens (tertiary/aromatic N) is 1. The molecule has 0 unspecified atom stereocenters. The van der Waals surface area contributed by atoms with Crippen LogP contribution in [0.5, 0.6) is 0 Å². The Balaban J connectivity index is 2.71. The molecule has 0 spiro atoms. The number of benzene rings is 1. The van der Waals surface area contributed by atoms with E-state index in [1.807, 2.05) is 0 Å².